The smallest absolute Gasteiger partial charge is 0.243 e. The number of hydrogen-bond acceptors (Lipinski definition) is 5. The van der Waals surface area contributed by atoms with Gasteiger partial charge in [-0.15, -0.1) is 0 Å². The number of rotatable bonds is 8. The Kier molecular flexibility index (Phi) is 6.67. The van der Waals surface area contributed by atoms with Crippen molar-refractivity contribution in [3.8, 4) is 0 Å². The topological polar surface area (TPSA) is 77.5 Å². The number of amides is 1. The fraction of sp³-hybridized carbons (Fsp3) is 0.538. The summed E-state index contributed by atoms with van der Waals surface area (Å²) in [5.41, 5.74) is 2.65. The molecule has 0 aliphatic carbocycles. The molecule has 0 radical (unpaired) electrons. The molecule has 0 bridgehead atoms. The molecule has 0 unspecified atom stereocenters. The maximum Gasteiger partial charge on any atom is 0.243 e. The highest BCUT2D eigenvalue weighted by molar-refractivity contribution is 5.74. The third kappa shape index (κ3) is 5.56. The van der Waals surface area contributed by atoms with E-state index in [1.165, 1.54) is 0 Å². The molecule has 19 heavy (non-hydrogen) atoms. The van der Waals surface area contributed by atoms with Gasteiger partial charge >= 0.3 is 0 Å². The predicted octanol–water partition coefficient (Wildman–Crippen LogP) is 1.63. The molecule has 3 N–H and O–H groups in total. The van der Waals surface area contributed by atoms with Gasteiger partial charge in [0.2, 0.25) is 5.91 Å². The fourth-order valence-electron chi connectivity index (χ4n) is 1.76. The molecule has 0 atom stereocenters. The third-order valence-corrected chi connectivity index (χ3v) is 2.73. The molecule has 1 aromatic heterocycles. The Morgan fingerprint density at radius 3 is 2.84 bits per heavy atom. The second kappa shape index (κ2) is 8.31. The number of aromatic nitrogens is 1. The van der Waals surface area contributed by atoms with Crippen LogP contribution in [0.2, 0.25) is 0 Å². The Bertz CT molecular complexity index is 396. The van der Waals surface area contributed by atoms with Crippen LogP contribution in [0.1, 0.15) is 25.7 Å². The summed E-state index contributed by atoms with van der Waals surface area (Å²) in [7, 11) is 3.92. The zero-order valence-corrected chi connectivity index (χ0v) is 11.5. The van der Waals surface area contributed by atoms with E-state index in [0.29, 0.717) is 6.42 Å². The first-order valence-corrected chi connectivity index (χ1v) is 6.44. The first-order chi connectivity index (χ1) is 9.15. The van der Waals surface area contributed by atoms with Crippen LogP contribution in [0.4, 0.5) is 11.5 Å². The van der Waals surface area contributed by atoms with Crippen LogP contribution in [0.3, 0.4) is 0 Å². The van der Waals surface area contributed by atoms with Gasteiger partial charge in [-0.3, -0.25) is 10.0 Å². The number of nitrogens with one attached hydrogen (secondary N) is 2. The number of carbonyl (C=O) groups is 1. The Morgan fingerprint density at radius 2 is 2.16 bits per heavy atom. The van der Waals surface area contributed by atoms with Gasteiger partial charge in [0.05, 0.1) is 5.69 Å². The second-order valence-corrected chi connectivity index (χ2v) is 4.54. The summed E-state index contributed by atoms with van der Waals surface area (Å²) >= 11 is 0. The van der Waals surface area contributed by atoms with Gasteiger partial charge in [-0.25, -0.2) is 10.5 Å². The molecule has 1 rings (SSSR count). The van der Waals surface area contributed by atoms with E-state index in [1.807, 2.05) is 31.1 Å². The van der Waals surface area contributed by atoms with Gasteiger partial charge in [0, 0.05) is 33.3 Å². The maximum atomic E-state index is 10.8. The summed E-state index contributed by atoms with van der Waals surface area (Å²) in [4.78, 5) is 17.1. The van der Waals surface area contributed by atoms with Crippen molar-refractivity contribution in [2.75, 3.05) is 30.9 Å². The van der Waals surface area contributed by atoms with Crippen molar-refractivity contribution < 1.29 is 10.0 Å². The highest BCUT2D eigenvalue weighted by Crippen LogP contribution is 2.20. The van der Waals surface area contributed by atoms with Gasteiger partial charge < -0.3 is 10.2 Å². The van der Waals surface area contributed by atoms with Crippen molar-refractivity contribution in [1.29, 1.82) is 0 Å². The molecule has 1 amide bonds. The van der Waals surface area contributed by atoms with E-state index in [4.69, 9.17) is 5.21 Å². The molecule has 0 saturated carbocycles. The van der Waals surface area contributed by atoms with Gasteiger partial charge in [-0.1, -0.05) is 6.42 Å². The Balaban J connectivity index is 2.24. The van der Waals surface area contributed by atoms with Crippen molar-refractivity contribution in [1.82, 2.24) is 10.5 Å². The zero-order valence-electron chi connectivity index (χ0n) is 11.5. The molecule has 0 aromatic carbocycles. The molecule has 0 aliphatic heterocycles. The average Bonchev–Trinajstić information content (AvgIpc) is 2.42. The summed E-state index contributed by atoms with van der Waals surface area (Å²) in [6, 6.07) is 3.91. The monoisotopic (exact) mass is 266 g/mol. The number of unbranched alkanes of at least 4 members (excludes halogenated alkanes) is 2. The lowest BCUT2D eigenvalue weighted by Crippen LogP contribution is -2.17. The Labute approximate surface area is 113 Å². The minimum Gasteiger partial charge on any atom is -0.382 e. The minimum absolute atomic E-state index is 0.324. The SMILES string of the molecule is CN(C)c1ncccc1NCCCCCC(=O)NO. The summed E-state index contributed by atoms with van der Waals surface area (Å²) in [5.74, 6) is 0.595. The molecule has 1 aromatic rings. The number of hydroxylamine groups is 1. The predicted molar refractivity (Wildman–Crippen MR) is 75.5 cm³/mol. The Hall–Kier alpha value is -1.82. The van der Waals surface area contributed by atoms with Gasteiger partial charge in [-0.2, -0.15) is 0 Å². The number of hydrogen-bond donors (Lipinski definition) is 3. The summed E-state index contributed by atoms with van der Waals surface area (Å²) in [6.07, 6.45) is 4.83. The molecular weight excluding hydrogens is 244 g/mol. The average molecular weight is 266 g/mol. The first kappa shape index (κ1) is 15.2. The standard InChI is InChI=1S/C13H22N4O2/c1-17(2)13-11(7-6-10-15-13)14-9-5-3-4-8-12(18)16-19/h6-7,10,14,19H,3-5,8-9H2,1-2H3,(H,16,18). The largest absolute Gasteiger partial charge is 0.382 e. The molecule has 0 spiro atoms. The van der Waals surface area contributed by atoms with Crippen molar-refractivity contribution >= 4 is 17.4 Å². The van der Waals surface area contributed by atoms with Gasteiger partial charge in [0.25, 0.3) is 0 Å². The van der Waals surface area contributed by atoms with Gasteiger partial charge in [0.1, 0.15) is 0 Å². The number of pyridine rings is 1. The molecular formula is C13H22N4O2. The maximum absolute atomic E-state index is 10.8. The molecule has 6 heteroatoms. The van der Waals surface area contributed by atoms with Crippen molar-refractivity contribution in [3.05, 3.63) is 18.3 Å². The van der Waals surface area contributed by atoms with Crippen molar-refractivity contribution in [3.63, 3.8) is 0 Å². The van der Waals surface area contributed by atoms with Crippen LogP contribution in [0.25, 0.3) is 0 Å². The van der Waals surface area contributed by atoms with Crippen LogP contribution in [0, 0.1) is 0 Å². The highest BCUT2D eigenvalue weighted by atomic mass is 16.5. The van der Waals surface area contributed by atoms with E-state index in [-0.39, 0.29) is 5.91 Å². The third-order valence-electron chi connectivity index (χ3n) is 2.73. The molecule has 1 heterocycles. The fourth-order valence-corrected chi connectivity index (χ4v) is 1.76. The molecule has 6 nitrogen and oxygen atoms in total. The molecule has 0 saturated heterocycles. The van der Waals surface area contributed by atoms with Crippen LogP contribution >= 0.6 is 0 Å². The highest BCUT2D eigenvalue weighted by Gasteiger charge is 2.04. The normalized spacial score (nSPS) is 10.1. The quantitative estimate of drug-likeness (QED) is 0.379. The van der Waals surface area contributed by atoms with E-state index in [2.05, 4.69) is 10.3 Å². The molecule has 0 fully saturated rings. The zero-order chi connectivity index (χ0) is 14.1. The lowest BCUT2D eigenvalue weighted by atomic mass is 10.2. The van der Waals surface area contributed by atoms with Crippen LogP contribution < -0.4 is 15.7 Å². The van der Waals surface area contributed by atoms with E-state index < -0.39 is 0 Å². The van der Waals surface area contributed by atoms with E-state index in [0.717, 1.165) is 37.3 Å². The van der Waals surface area contributed by atoms with Gasteiger partial charge in [0.15, 0.2) is 5.82 Å². The van der Waals surface area contributed by atoms with E-state index >= 15 is 0 Å². The van der Waals surface area contributed by atoms with Crippen LogP contribution in [0.15, 0.2) is 18.3 Å². The number of carbonyl (C=O) groups excluding carboxylic acids is 1. The second-order valence-electron chi connectivity index (χ2n) is 4.54. The van der Waals surface area contributed by atoms with E-state index in [1.54, 1.807) is 11.7 Å². The summed E-state index contributed by atoms with van der Waals surface area (Å²) < 4.78 is 0. The molecule has 106 valence electrons. The van der Waals surface area contributed by atoms with Crippen LogP contribution in [0.5, 0.6) is 0 Å². The van der Waals surface area contributed by atoms with Crippen molar-refractivity contribution in [2.45, 2.75) is 25.7 Å². The lowest BCUT2D eigenvalue weighted by Gasteiger charge is -2.16. The number of nitrogens with zero attached hydrogens (tertiary/aromatic N) is 2. The summed E-state index contributed by atoms with van der Waals surface area (Å²) in [6.45, 7) is 0.841. The minimum atomic E-state index is -0.324. The van der Waals surface area contributed by atoms with Crippen LogP contribution in [-0.2, 0) is 4.79 Å². The number of anilines is 2. The summed E-state index contributed by atoms with van der Waals surface area (Å²) in [5, 5.41) is 11.7. The Morgan fingerprint density at radius 1 is 1.37 bits per heavy atom. The lowest BCUT2D eigenvalue weighted by molar-refractivity contribution is -0.129. The first-order valence-electron chi connectivity index (χ1n) is 6.44. The molecule has 0 aliphatic rings. The van der Waals surface area contributed by atoms with Crippen LogP contribution in [-0.4, -0.2) is 36.7 Å². The van der Waals surface area contributed by atoms with Gasteiger partial charge in [-0.05, 0) is 25.0 Å². The van der Waals surface area contributed by atoms with E-state index in [9.17, 15) is 4.79 Å². The van der Waals surface area contributed by atoms with Crippen molar-refractivity contribution in [2.24, 2.45) is 0 Å².